The van der Waals surface area contributed by atoms with Crippen LogP contribution in [-0.4, -0.2) is 12.3 Å². The second-order valence-corrected chi connectivity index (χ2v) is 4.08. The van der Waals surface area contributed by atoms with Gasteiger partial charge in [0.05, 0.1) is 11.1 Å². The minimum atomic E-state index is 0.202. The van der Waals surface area contributed by atoms with Gasteiger partial charge >= 0.3 is 0 Å². The highest BCUT2D eigenvalue weighted by Crippen LogP contribution is 2.27. The van der Waals surface area contributed by atoms with Crippen molar-refractivity contribution in [3.05, 3.63) is 11.1 Å². The minimum Gasteiger partial charge on any atom is -0.284 e. The van der Waals surface area contributed by atoms with E-state index in [-0.39, 0.29) is 11.5 Å². The Morgan fingerprint density at radius 1 is 1.50 bits per heavy atom. The van der Waals surface area contributed by atoms with Crippen molar-refractivity contribution in [1.82, 2.24) is 0 Å². The van der Waals surface area contributed by atoms with E-state index in [1.807, 2.05) is 6.08 Å². The van der Waals surface area contributed by atoms with Crippen LogP contribution >= 0.6 is 11.6 Å². The highest BCUT2D eigenvalue weighted by Gasteiger charge is 2.23. The van der Waals surface area contributed by atoms with Crippen molar-refractivity contribution in [3.8, 4) is 0 Å². The van der Waals surface area contributed by atoms with E-state index in [1.54, 1.807) is 6.21 Å². The van der Waals surface area contributed by atoms with Gasteiger partial charge in [-0.15, -0.1) is 0 Å². The monoisotopic (exact) mass is 157 g/mol. The van der Waals surface area contributed by atoms with E-state index in [9.17, 15) is 0 Å². The zero-order valence-electron chi connectivity index (χ0n) is 6.56. The Labute approximate surface area is 66.8 Å². The summed E-state index contributed by atoms with van der Waals surface area (Å²) in [5.41, 5.74) is 0.202. The molecule has 0 aromatic carbocycles. The predicted octanol–water partition coefficient (Wildman–Crippen LogP) is 2.61. The van der Waals surface area contributed by atoms with E-state index < -0.39 is 0 Å². The molecule has 1 aliphatic heterocycles. The fraction of sp³-hybridized carbons (Fsp3) is 0.625. The second-order valence-electron chi connectivity index (χ2n) is 3.64. The van der Waals surface area contributed by atoms with Crippen LogP contribution in [0.1, 0.15) is 20.8 Å². The first kappa shape index (κ1) is 7.80. The molecule has 0 radical (unpaired) electrons. The number of rotatable bonds is 0. The molecule has 0 fully saturated rings. The third-order valence-electron chi connectivity index (χ3n) is 1.56. The van der Waals surface area contributed by atoms with Crippen LogP contribution in [0.5, 0.6) is 0 Å². The van der Waals surface area contributed by atoms with E-state index in [0.29, 0.717) is 0 Å². The van der Waals surface area contributed by atoms with Crippen LogP contribution in [0.4, 0.5) is 0 Å². The lowest BCUT2D eigenvalue weighted by atomic mass is 9.88. The number of halogens is 1. The second kappa shape index (κ2) is 2.39. The molecule has 0 amide bonds. The minimum absolute atomic E-state index is 0.202. The van der Waals surface area contributed by atoms with Crippen molar-refractivity contribution in [2.24, 2.45) is 10.4 Å². The van der Waals surface area contributed by atoms with Crippen LogP contribution in [0.3, 0.4) is 0 Å². The molecule has 0 saturated heterocycles. The zero-order chi connectivity index (χ0) is 7.78. The molecule has 1 rings (SSSR count). The predicted molar refractivity (Wildman–Crippen MR) is 45.7 cm³/mol. The summed E-state index contributed by atoms with van der Waals surface area (Å²) in [5, 5.41) is 0.764. The number of aliphatic imine (C=N–C) groups is 1. The van der Waals surface area contributed by atoms with Crippen molar-refractivity contribution in [1.29, 1.82) is 0 Å². The number of hydrogen-bond acceptors (Lipinski definition) is 1. The summed E-state index contributed by atoms with van der Waals surface area (Å²) < 4.78 is 0. The molecule has 10 heavy (non-hydrogen) atoms. The van der Waals surface area contributed by atoms with Gasteiger partial charge in [-0.05, 0) is 11.5 Å². The Morgan fingerprint density at radius 3 is 2.30 bits per heavy atom. The zero-order valence-corrected chi connectivity index (χ0v) is 7.31. The van der Waals surface area contributed by atoms with Crippen LogP contribution in [0.2, 0.25) is 0 Å². The molecule has 0 spiro atoms. The molecule has 0 aromatic rings. The van der Waals surface area contributed by atoms with E-state index in [1.165, 1.54) is 0 Å². The van der Waals surface area contributed by atoms with Crippen LogP contribution in [0.15, 0.2) is 16.1 Å². The fourth-order valence-corrected chi connectivity index (χ4v) is 1.04. The molecule has 1 atom stereocenters. The van der Waals surface area contributed by atoms with Crippen molar-refractivity contribution in [2.75, 3.05) is 0 Å². The molecule has 0 bridgehead atoms. The summed E-state index contributed by atoms with van der Waals surface area (Å²) >= 11 is 5.72. The van der Waals surface area contributed by atoms with Gasteiger partial charge in [-0.25, -0.2) is 0 Å². The lowest BCUT2D eigenvalue weighted by Gasteiger charge is -2.21. The van der Waals surface area contributed by atoms with Gasteiger partial charge in [-0.3, -0.25) is 4.99 Å². The average Bonchev–Trinajstić information content (AvgIpc) is 2.11. The molecule has 1 nitrogen and oxygen atoms in total. The summed E-state index contributed by atoms with van der Waals surface area (Å²) in [6, 6.07) is 0.264. The highest BCUT2D eigenvalue weighted by molar-refractivity contribution is 6.39. The summed E-state index contributed by atoms with van der Waals surface area (Å²) in [6.45, 7) is 6.46. The third kappa shape index (κ3) is 1.60. The summed E-state index contributed by atoms with van der Waals surface area (Å²) in [5.74, 6) is 0. The Morgan fingerprint density at radius 2 is 2.10 bits per heavy atom. The van der Waals surface area contributed by atoms with Gasteiger partial charge < -0.3 is 0 Å². The van der Waals surface area contributed by atoms with Crippen LogP contribution in [-0.2, 0) is 0 Å². The van der Waals surface area contributed by atoms with Gasteiger partial charge in [0, 0.05) is 6.21 Å². The molecular formula is C8H12ClN. The molecule has 0 saturated carbocycles. The molecule has 2 heteroatoms. The van der Waals surface area contributed by atoms with Gasteiger partial charge in [0.15, 0.2) is 0 Å². The lowest BCUT2D eigenvalue weighted by molar-refractivity contribution is 0.371. The SMILES string of the molecule is CC(C)(C)C1C=C(Cl)C=N1. The first-order valence-corrected chi connectivity index (χ1v) is 3.78. The maximum absolute atomic E-state index is 5.72. The van der Waals surface area contributed by atoms with Crippen molar-refractivity contribution in [2.45, 2.75) is 26.8 Å². The number of hydrogen-bond donors (Lipinski definition) is 0. The molecular weight excluding hydrogens is 146 g/mol. The molecule has 0 N–H and O–H groups in total. The maximum Gasteiger partial charge on any atom is 0.0746 e. The van der Waals surface area contributed by atoms with E-state index >= 15 is 0 Å². The third-order valence-corrected chi connectivity index (χ3v) is 1.79. The van der Waals surface area contributed by atoms with Gasteiger partial charge in [-0.1, -0.05) is 32.4 Å². The van der Waals surface area contributed by atoms with E-state index in [0.717, 1.165) is 5.03 Å². The smallest absolute Gasteiger partial charge is 0.0746 e. The Balaban J connectivity index is 2.72. The van der Waals surface area contributed by atoms with E-state index in [2.05, 4.69) is 25.8 Å². The molecule has 0 aromatic heterocycles. The Bertz CT molecular complexity index is 186. The van der Waals surface area contributed by atoms with Gasteiger partial charge in [0.25, 0.3) is 0 Å². The number of nitrogens with zero attached hydrogens (tertiary/aromatic N) is 1. The highest BCUT2D eigenvalue weighted by atomic mass is 35.5. The summed E-state index contributed by atoms with van der Waals surface area (Å²) in [6.07, 6.45) is 3.71. The Kier molecular flexibility index (Phi) is 1.86. The normalized spacial score (nSPS) is 25.2. The molecule has 1 heterocycles. The quantitative estimate of drug-likeness (QED) is 0.513. The first-order valence-electron chi connectivity index (χ1n) is 3.40. The first-order chi connectivity index (χ1) is 4.50. The summed E-state index contributed by atoms with van der Waals surface area (Å²) in [4.78, 5) is 4.24. The van der Waals surface area contributed by atoms with Crippen LogP contribution < -0.4 is 0 Å². The van der Waals surface area contributed by atoms with Crippen molar-refractivity contribution < 1.29 is 0 Å². The van der Waals surface area contributed by atoms with Gasteiger partial charge in [-0.2, -0.15) is 0 Å². The standard InChI is InChI=1S/C8H12ClN/c1-8(2,3)7-4-6(9)5-10-7/h4-5,7H,1-3H3. The maximum atomic E-state index is 5.72. The van der Waals surface area contributed by atoms with Crippen molar-refractivity contribution >= 4 is 17.8 Å². The molecule has 1 unspecified atom stereocenters. The fourth-order valence-electron chi connectivity index (χ4n) is 0.862. The van der Waals surface area contributed by atoms with Crippen LogP contribution in [0, 0.1) is 5.41 Å². The largest absolute Gasteiger partial charge is 0.284 e. The average molecular weight is 158 g/mol. The topological polar surface area (TPSA) is 12.4 Å². The van der Waals surface area contributed by atoms with Gasteiger partial charge in [0.2, 0.25) is 0 Å². The molecule has 1 aliphatic rings. The Hall–Kier alpha value is -0.300. The van der Waals surface area contributed by atoms with E-state index in [4.69, 9.17) is 11.6 Å². The molecule has 0 aliphatic carbocycles. The lowest BCUT2D eigenvalue weighted by Crippen LogP contribution is -2.20. The number of allylic oxidation sites excluding steroid dienone is 1. The van der Waals surface area contributed by atoms with Gasteiger partial charge in [0.1, 0.15) is 0 Å². The van der Waals surface area contributed by atoms with Crippen LogP contribution in [0.25, 0.3) is 0 Å². The molecule has 56 valence electrons. The summed E-state index contributed by atoms with van der Waals surface area (Å²) in [7, 11) is 0. The van der Waals surface area contributed by atoms with Crippen molar-refractivity contribution in [3.63, 3.8) is 0 Å².